The Labute approximate surface area is 166 Å². The molecule has 8 atom stereocenters. The summed E-state index contributed by atoms with van der Waals surface area (Å²) in [6.45, 7) is 5.86. The molecule has 6 nitrogen and oxygen atoms in total. The first-order valence-electron chi connectivity index (χ1n) is 10.3. The maximum absolute atomic E-state index is 11.5. The second-order valence-electron chi connectivity index (χ2n) is 9.90. The number of rotatable bonds is 2. The van der Waals surface area contributed by atoms with Crippen LogP contribution >= 0.6 is 0 Å². The van der Waals surface area contributed by atoms with Crippen LogP contribution in [-0.2, 0) is 0 Å². The number of hydrogen-bond donors (Lipinski definition) is 5. The molecular weight excluding hydrogens is 356 g/mol. The van der Waals surface area contributed by atoms with Crippen molar-refractivity contribution >= 4 is 11.4 Å². The fourth-order valence-electron chi connectivity index (χ4n) is 7.50. The molecule has 6 heteroatoms. The summed E-state index contributed by atoms with van der Waals surface area (Å²) in [5.41, 5.74) is -0.609. The van der Waals surface area contributed by atoms with Crippen LogP contribution in [0.15, 0.2) is 29.0 Å². The van der Waals surface area contributed by atoms with E-state index in [2.05, 4.69) is 25.1 Å². The van der Waals surface area contributed by atoms with Crippen LogP contribution in [0.2, 0.25) is 0 Å². The number of oxime groups is 1. The molecule has 4 unspecified atom stereocenters. The highest BCUT2D eigenvalue weighted by molar-refractivity contribution is 6.03. The third-order valence-electron chi connectivity index (χ3n) is 8.75. The van der Waals surface area contributed by atoms with Gasteiger partial charge in [-0.05, 0) is 55.6 Å². The van der Waals surface area contributed by atoms with Crippen molar-refractivity contribution in [3.63, 3.8) is 0 Å². The molecule has 0 aromatic rings. The van der Waals surface area contributed by atoms with Gasteiger partial charge in [-0.15, -0.1) is 0 Å². The maximum atomic E-state index is 11.5. The Morgan fingerprint density at radius 2 is 2.07 bits per heavy atom. The molecule has 154 valence electrons. The normalized spacial score (nSPS) is 50.6. The largest absolute Gasteiger partial charge is 0.411 e. The van der Waals surface area contributed by atoms with E-state index >= 15 is 0 Å². The fourth-order valence-corrected chi connectivity index (χ4v) is 7.50. The smallest absolute Gasteiger partial charge is 0.114 e. The lowest BCUT2D eigenvalue weighted by molar-refractivity contribution is -0.148. The molecule has 3 saturated carbocycles. The number of nitrogens with zero attached hydrogens (tertiary/aromatic N) is 1. The van der Waals surface area contributed by atoms with E-state index in [4.69, 9.17) is 5.41 Å². The molecule has 0 radical (unpaired) electrons. The Kier molecular flexibility index (Phi) is 4.42. The van der Waals surface area contributed by atoms with Gasteiger partial charge in [0.1, 0.15) is 11.3 Å². The maximum Gasteiger partial charge on any atom is 0.114 e. The van der Waals surface area contributed by atoms with Crippen molar-refractivity contribution in [1.82, 2.24) is 0 Å². The molecule has 0 spiro atoms. The third kappa shape index (κ3) is 2.31. The number of hydrogen-bond acceptors (Lipinski definition) is 6. The van der Waals surface area contributed by atoms with E-state index in [1.807, 2.05) is 19.1 Å². The van der Waals surface area contributed by atoms with Crippen LogP contribution < -0.4 is 0 Å². The predicted octanol–water partition coefficient (Wildman–Crippen LogP) is 2.52. The molecule has 0 aromatic carbocycles. The Morgan fingerprint density at radius 1 is 1.36 bits per heavy atom. The second kappa shape index (κ2) is 6.25. The van der Waals surface area contributed by atoms with Crippen molar-refractivity contribution in [3.8, 4) is 0 Å². The first-order valence-corrected chi connectivity index (χ1v) is 10.3. The van der Waals surface area contributed by atoms with E-state index in [1.165, 1.54) is 5.57 Å². The van der Waals surface area contributed by atoms with E-state index in [9.17, 15) is 20.5 Å². The molecule has 0 aromatic heterocycles. The van der Waals surface area contributed by atoms with Gasteiger partial charge >= 0.3 is 0 Å². The summed E-state index contributed by atoms with van der Waals surface area (Å²) in [4.78, 5) is 0. The van der Waals surface area contributed by atoms with E-state index in [1.54, 1.807) is 0 Å². The molecule has 3 fully saturated rings. The molecular formula is C22H32N2O4. The van der Waals surface area contributed by atoms with Gasteiger partial charge in [-0.1, -0.05) is 37.6 Å². The number of fused-ring (bicyclic) bond motifs is 5. The standard InChI is InChI=1S/C22H32N2O4/c1-12-8-14-15-5-7-22(27,18(11-25)24-28)21(15,3)10-17(26)19(14)20(2)6-4-13(23)9-16(12)20/h4,6,9,12,14-15,17,19,23,25-28H,5,7-8,10-11H2,1-3H3/b23-13?,24-18+/t12-,14?,15-,17?,19+,20?,21?,22-/m0/s1. The van der Waals surface area contributed by atoms with Gasteiger partial charge < -0.3 is 25.9 Å². The first kappa shape index (κ1) is 19.8. The van der Waals surface area contributed by atoms with Gasteiger partial charge in [0.15, 0.2) is 0 Å². The van der Waals surface area contributed by atoms with Crippen molar-refractivity contribution in [3.05, 3.63) is 23.8 Å². The average Bonchev–Trinajstić information content (AvgIpc) is 2.89. The van der Waals surface area contributed by atoms with Gasteiger partial charge in [-0.2, -0.15) is 0 Å². The molecule has 28 heavy (non-hydrogen) atoms. The molecule has 0 heterocycles. The first-order chi connectivity index (χ1) is 13.1. The summed E-state index contributed by atoms with van der Waals surface area (Å²) in [6, 6.07) is 0. The molecule has 4 aliphatic carbocycles. The van der Waals surface area contributed by atoms with E-state index in [-0.39, 0.29) is 28.9 Å². The fraction of sp³-hybridized carbons (Fsp3) is 0.727. The Bertz CT molecular complexity index is 789. The van der Waals surface area contributed by atoms with Crippen LogP contribution in [0.4, 0.5) is 0 Å². The van der Waals surface area contributed by atoms with Crippen LogP contribution in [0.5, 0.6) is 0 Å². The SMILES string of the molecule is C[C@H]1CC2[C@H](C(O)CC3(C)[C@H]2CC[C@]3(O)/C(CO)=N/O)C2(C)C=CC(=N)C=C12. The second-order valence-corrected chi connectivity index (χ2v) is 9.90. The van der Waals surface area contributed by atoms with Gasteiger partial charge in [0, 0.05) is 16.7 Å². The monoisotopic (exact) mass is 388 g/mol. The molecule has 0 saturated heterocycles. The number of aliphatic hydroxyl groups excluding tert-OH is 2. The highest BCUT2D eigenvalue weighted by Gasteiger charge is 2.68. The zero-order chi connectivity index (χ0) is 20.5. The van der Waals surface area contributed by atoms with E-state index in [0.29, 0.717) is 24.5 Å². The van der Waals surface area contributed by atoms with Gasteiger partial charge in [-0.25, -0.2) is 0 Å². The quantitative estimate of drug-likeness (QED) is 0.284. The van der Waals surface area contributed by atoms with Crippen molar-refractivity contribution in [2.24, 2.45) is 39.7 Å². The van der Waals surface area contributed by atoms with Crippen LogP contribution in [0.3, 0.4) is 0 Å². The Morgan fingerprint density at radius 3 is 2.71 bits per heavy atom. The molecule has 4 rings (SSSR count). The summed E-state index contributed by atoms with van der Waals surface area (Å²) >= 11 is 0. The molecule has 0 aliphatic heterocycles. The van der Waals surface area contributed by atoms with Crippen LogP contribution in [0.25, 0.3) is 0 Å². The van der Waals surface area contributed by atoms with Gasteiger partial charge in [0.2, 0.25) is 0 Å². The topological polar surface area (TPSA) is 117 Å². The highest BCUT2D eigenvalue weighted by Crippen LogP contribution is 2.67. The highest BCUT2D eigenvalue weighted by atomic mass is 16.4. The van der Waals surface area contributed by atoms with Crippen molar-refractivity contribution in [2.75, 3.05) is 6.61 Å². The number of allylic oxidation sites excluding steroid dienone is 4. The number of aliphatic hydroxyl groups is 3. The van der Waals surface area contributed by atoms with Crippen LogP contribution in [-0.4, -0.2) is 50.3 Å². The lowest BCUT2D eigenvalue weighted by Gasteiger charge is -2.61. The Balaban J connectivity index is 1.78. The van der Waals surface area contributed by atoms with Crippen LogP contribution in [0, 0.1) is 39.9 Å². The molecule has 5 N–H and O–H groups in total. The average molecular weight is 389 g/mol. The van der Waals surface area contributed by atoms with Crippen molar-refractivity contribution in [2.45, 2.75) is 58.2 Å². The minimum Gasteiger partial charge on any atom is -0.411 e. The summed E-state index contributed by atoms with van der Waals surface area (Å²) in [5.74, 6) is 0.715. The van der Waals surface area contributed by atoms with Crippen molar-refractivity contribution < 1.29 is 20.5 Å². The predicted molar refractivity (Wildman–Crippen MR) is 107 cm³/mol. The van der Waals surface area contributed by atoms with Crippen LogP contribution in [0.1, 0.15) is 46.5 Å². The van der Waals surface area contributed by atoms with Gasteiger partial charge in [0.25, 0.3) is 0 Å². The zero-order valence-corrected chi connectivity index (χ0v) is 16.9. The third-order valence-corrected chi connectivity index (χ3v) is 8.75. The van der Waals surface area contributed by atoms with Gasteiger partial charge in [-0.3, -0.25) is 0 Å². The van der Waals surface area contributed by atoms with E-state index < -0.39 is 23.7 Å². The summed E-state index contributed by atoms with van der Waals surface area (Å²) in [5, 5.41) is 53.2. The molecule has 4 aliphatic rings. The lowest BCUT2D eigenvalue weighted by Crippen LogP contribution is -2.62. The minimum atomic E-state index is -1.40. The molecule has 0 amide bonds. The Hall–Kier alpha value is -1.50. The van der Waals surface area contributed by atoms with Crippen molar-refractivity contribution in [1.29, 1.82) is 5.41 Å². The summed E-state index contributed by atoms with van der Waals surface area (Å²) < 4.78 is 0. The summed E-state index contributed by atoms with van der Waals surface area (Å²) in [7, 11) is 0. The summed E-state index contributed by atoms with van der Waals surface area (Å²) in [6.07, 6.45) is 7.80. The number of nitrogens with one attached hydrogen (secondary N) is 1. The lowest BCUT2D eigenvalue weighted by atomic mass is 9.44. The van der Waals surface area contributed by atoms with Gasteiger partial charge in [0.05, 0.1) is 18.4 Å². The zero-order valence-electron chi connectivity index (χ0n) is 16.9. The molecule has 0 bridgehead atoms. The van der Waals surface area contributed by atoms with E-state index in [0.717, 1.165) is 12.8 Å². The minimum absolute atomic E-state index is 0.00446.